The van der Waals surface area contributed by atoms with E-state index in [9.17, 15) is 4.79 Å². The van der Waals surface area contributed by atoms with Crippen LogP contribution in [0.3, 0.4) is 0 Å². The summed E-state index contributed by atoms with van der Waals surface area (Å²) < 4.78 is 9.83. The largest absolute Gasteiger partial charge is 0.409 e. The van der Waals surface area contributed by atoms with E-state index in [0.29, 0.717) is 12.3 Å². The van der Waals surface area contributed by atoms with Crippen molar-refractivity contribution in [2.75, 3.05) is 20.2 Å². The molecular formula is C11H18N4O4. The third-order valence-corrected chi connectivity index (χ3v) is 2.33. The minimum absolute atomic E-state index is 0.0373. The van der Waals surface area contributed by atoms with Crippen molar-refractivity contribution in [3.05, 3.63) is 17.5 Å². The van der Waals surface area contributed by atoms with E-state index in [1.165, 1.54) is 18.1 Å². The molecule has 0 aliphatic carbocycles. The Morgan fingerprint density at radius 3 is 3.00 bits per heavy atom. The monoisotopic (exact) mass is 270 g/mol. The number of hydrogen-bond donors (Lipinski definition) is 2. The van der Waals surface area contributed by atoms with Gasteiger partial charge >= 0.3 is 0 Å². The molecule has 0 radical (unpaired) electrons. The molecule has 0 aliphatic heterocycles. The van der Waals surface area contributed by atoms with E-state index in [1.807, 2.05) is 6.92 Å². The smallest absolute Gasteiger partial charge is 0.276 e. The molecule has 8 nitrogen and oxygen atoms in total. The van der Waals surface area contributed by atoms with Crippen molar-refractivity contribution in [1.29, 1.82) is 0 Å². The van der Waals surface area contributed by atoms with Gasteiger partial charge < -0.3 is 25.1 Å². The van der Waals surface area contributed by atoms with E-state index < -0.39 is 0 Å². The normalized spacial score (nSPS) is 11.6. The number of ether oxygens (including phenoxy) is 1. The first kappa shape index (κ1) is 15.0. The van der Waals surface area contributed by atoms with E-state index in [-0.39, 0.29) is 30.6 Å². The van der Waals surface area contributed by atoms with Crippen molar-refractivity contribution in [3.63, 3.8) is 0 Å². The summed E-state index contributed by atoms with van der Waals surface area (Å²) in [5.41, 5.74) is 5.59. The molecule has 1 amide bonds. The Morgan fingerprint density at radius 2 is 2.42 bits per heavy atom. The van der Waals surface area contributed by atoms with Crippen molar-refractivity contribution in [2.24, 2.45) is 10.9 Å². The summed E-state index contributed by atoms with van der Waals surface area (Å²) in [6.45, 7) is 2.68. The number of carbonyl (C=O) groups excluding carboxylic acids is 1. The number of oxime groups is 1. The second kappa shape index (κ2) is 7.37. The molecule has 0 unspecified atom stereocenters. The van der Waals surface area contributed by atoms with Crippen LogP contribution in [0, 0.1) is 0 Å². The first-order valence-electron chi connectivity index (χ1n) is 5.82. The molecule has 0 aliphatic rings. The van der Waals surface area contributed by atoms with Gasteiger partial charge in [0, 0.05) is 19.7 Å². The Kier molecular flexibility index (Phi) is 5.80. The second-order valence-electron chi connectivity index (χ2n) is 3.93. The van der Waals surface area contributed by atoms with E-state index >= 15 is 0 Å². The second-order valence-corrected chi connectivity index (χ2v) is 3.93. The highest BCUT2D eigenvalue weighted by molar-refractivity contribution is 5.95. The number of carbonyl (C=O) groups is 1. The van der Waals surface area contributed by atoms with Crippen molar-refractivity contribution >= 4 is 11.7 Å². The SMILES string of the molecule is CCCN(CC(N)=NO)C(=O)c1cc(COC)on1. The minimum atomic E-state index is -0.334. The maximum Gasteiger partial charge on any atom is 0.276 e. The fourth-order valence-electron chi connectivity index (χ4n) is 1.54. The topological polar surface area (TPSA) is 114 Å². The number of nitrogens with two attached hydrogens (primary N) is 1. The van der Waals surface area contributed by atoms with Crippen molar-refractivity contribution in [3.8, 4) is 0 Å². The third-order valence-electron chi connectivity index (χ3n) is 2.33. The summed E-state index contributed by atoms with van der Waals surface area (Å²) in [4.78, 5) is 13.6. The molecule has 1 aromatic rings. The van der Waals surface area contributed by atoms with Crippen LogP contribution in [0.1, 0.15) is 29.6 Å². The molecule has 0 saturated heterocycles. The first-order valence-corrected chi connectivity index (χ1v) is 5.82. The lowest BCUT2D eigenvalue weighted by molar-refractivity contribution is 0.0767. The highest BCUT2D eigenvalue weighted by atomic mass is 16.5. The summed E-state index contributed by atoms with van der Waals surface area (Å²) in [6, 6.07) is 1.51. The fraction of sp³-hybridized carbons (Fsp3) is 0.545. The van der Waals surface area contributed by atoms with E-state index in [1.54, 1.807) is 0 Å². The number of rotatable bonds is 7. The first-order chi connectivity index (χ1) is 9.12. The van der Waals surface area contributed by atoms with E-state index in [4.69, 9.17) is 20.2 Å². The highest BCUT2D eigenvalue weighted by Crippen LogP contribution is 2.08. The van der Waals surface area contributed by atoms with Gasteiger partial charge in [-0.05, 0) is 6.42 Å². The van der Waals surface area contributed by atoms with Gasteiger partial charge in [0.25, 0.3) is 5.91 Å². The Labute approximate surface area is 110 Å². The molecule has 0 spiro atoms. The quantitative estimate of drug-likeness (QED) is 0.321. The molecule has 0 bridgehead atoms. The lowest BCUT2D eigenvalue weighted by Crippen LogP contribution is -2.39. The van der Waals surface area contributed by atoms with Gasteiger partial charge in [-0.1, -0.05) is 17.2 Å². The lowest BCUT2D eigenvalue weighted by Gasteiger charge is -2.19. The van der Waals surface area contributed by atoms with Crippen LogP contribution >= 0.6 is 0 Å². The van der Waals surface area contributed by atoms with Gasteiger partial charge in [-0.2, -0.15) is 0 Å². The summed E-state index contributed by atoms with van der Waals surface area (Å²) in [7, 11) is 1.52. The number of aromatic nitrogens is 1. The zero-order chi connectivity index (χ0) is 14.3. The molecule has 106 valence electrons. The Bertz CT molecular complexity index is 444. The minimum Gasteiger partial charge on any atom is -0.409 e. The van der Waals surface area contributed by atoms with E-state index in [0.717, 1.165) is 6.42 Å². The molecular weight excluding hydrogens is 252 g/mol. The number of nitrogens with zero attached hydrogens (tertiary/aromatic N) is 3. The molecule has 0 fully saturated rings. The molecule has 1 heterocycles. The van der Waals surface area contributed by atoms with Gasteiger partial charge in [-0.25, -0.2) is 0 Å². The number of amides is 1. The van der Waals surface area contributed by atoms with Crippen LogP contribution in [0.5, 0.6) is 0 Å². The van der Waals surface area contributed by atoms with Gasteiger partial charge in [0.15, 0.2) is 17.3 Å². The van der Waals surface area contributed by atoms with Crippen molar-refractivity contribution in [2.45, 2.75) is 20.0 Å². The summed E-state index contributed by atoms with van der Waals surface area (Å²) >= 11 is 0. The highest BCUT2D eigenvalue weighted by Gasteiger charge is 2.20. The van der Waals surface area contributed by atoms with Crippen molar-refractivity contribution in [1.82, 2.24) is 10.1 Å². The Hall–Kier alpha value is -2.09. The van der Waals surface area contributed by atoms with Gasteiger partial charge in [-0.15, -0.1) is 0 Å². The maximum atomic E-state index is 12.2. The average Bonchev–Trinajstić information content (AvgIpc) is 2.86. The third kappa shape index (κ3) is 4.25. The predicted octanol–water partition coefficient (Wildman–Crippen LogP) is 0.420. The molecule has 1 rings (SSSR count). The van der Waals surface area contributed by atoms with Gasteiger partial charge in [0.1, 0.15) is 6.61 Å². The molecule has 0 aromatic carbocycles. The zero-order valence-corrected chi connectivity index (χ0v) is 11.0. The van der Waals surface area contributed by atoms with Crippen LogP contribution in [0.15, 0.2) is 15.7 Å². The molecule has 0 saturated carbocycles. The Balaban J connectivity index is 2.79. The van der Waals surface area contributed by atoms with Gasteiger partial charge in [0.2, 0.25) is 0 Å². The van der Waals surface area contributed by atoms with Crippen LogP contribution < -0.4 is 5.73 Å². The van der Waals surface area contributed by atoms with Crippen LogP contribution in [-0.2, 0) is 11.3 Å². The van der Waals surface area contributed by atoms with Crippen LogP contribution in [0.2, 0.25) is 0 Å². The number of methoxy groups -OCH3 is 1. The zero-order valence-electron chi connectivity index (χ0n) is 11.0. The fourth-order valence-corrected chi connectivity index (χ4v) is 1.54. The molecule has 19 heavy (non-hydrogen) atoms. The van der Waals surface area contributed by atoms with Crippen LogP contribution in [-0.4, -0.2) is 47.2 Å². The number of hydrogen-bond acceptors (Lipinski definition) is 6. The molecule has 0 atom stereocenters. The summed E-state index contributed by atoms with van der Waals surface area (Å²) in [6.07, 6.45) is 0.743. The standard InChI is InChI=1S/C11H18N4O4/c1-3-4-15(6-10(12)13-17)11(16)9-5-8(7-18-2)19-14-9/h5,17H,3-4,6-7H2,1-2H3,(H2,12,13). The molecule has 3 N–H and O–H groups in total. The predicted molar refractivity (Wildman–Crippen MR) is 66.8 cm³/mol. The van der Waals surface area contributed by atoms with Crippen molar-refractivity contribution < 1.29 is 19.3 Å². The Morgan fingerprint density at radius 1 is 1.68 bits per heavy atom. The molecule has 8 heteroatoms. The molecule has 1 aromatic heterocycles. The average molecular weight is 270 g/mol. The van der Waals surface area contributed by atoms with Crippen LogP contribution in [0.25, 0.3) is 0 Å². The maximum absolute atomic E-state index is 12.2. The lowest BCUT2D eigenvalue weighted by atomic mass is 10.3. The van der Waals surface area contributed by atoms with E-state index in [2.05, 4.69) is 10.3 Å². The summed E-state index contributed by atoms with van der Waals surface area (Å²) in [5.74, 6) is 0.0908. The summed E-state index contributed by atoms with van der Waals surface area (Å²) in [5, 5.41) is 15.1. The number of amidine groups is 1. The van der Waals surface area contributed by atoms with Gasteiger partial charge in [0.05, 0.1) is 6.54 Å². The van der Waals surface area contributed by atoms with Gasteiger partial charge in [-0.3, -0.25) is 4.79 Å². The van der Waals surface area contributed by atoms with Crippen LogP contribution in [0.4, 0.5) is 0 Å².